The highest BCUT2D eigenvalue weighted by atomic mass is 15.5. The Balaban J connectivity index is 1.76. The van der Waals surface area contributed by atoms with Gasteiger partial charge < -0.3 is 5.32 Å². The van der Waals surface area contributed by atoms with Crippen LogP contribution in [-0.4, -0.2) is 18.8 Å². The molecule has 1 aliphatic heterocycles. The number of nitrogens with zero attached hydrogens (tertiary/aromatic N) is 2. The van der Waals surface area contributed by atoms with Crippen molar-refractivity contribution in [3.63, 3.8) is 0 Å². The minimum atomic E-state index is 0.920. The van der Waals surface area contributed by atoms with E-state index in [4.69, 9.17) is 5.10 Å². The first-order valence-electron chi connectivity index (χ1n) is 9.69. The third kappa shape index (κ3) is 3.87. The molecule has 0 fully saturated rings. The van der Waals surface area contributed by atoms with Crippen molar-refractivity contribution in [2.24, 2.45) is 5.10 Å². The molecule has 0 unspecified atom stereocenters. The maximum absolute atomic E-state index is 5.12. The molecular formula is C24H25N3. The minimum Gasteiger partial charge on any atom is -0.385 e. The van der Waals surface area contributed by atoms with E-state index < -0.39 is 0 Å². The predicted octanol–water partition coefficient (Wildman–Crippen LogP) is 5.32. The van der Waals surface area contributed by atoms with E-state index in [0.29, 0.717) is 0 Å². The molecule has 4 rings (SSSR count). The molecule has 0 amide bonds. The molecule has 3 aromatic rings. The van der Waals surface area contributed by atoms with Crippen LogP contribution >= 0.6 is 0 Å². The van der Waals surface area contributed by atoms with E-state index in [2.05, 4.69) is 90.0 Å². The molecule has 0 spiro atoms. The number of para-hydroxylation sites is 1. The fraction of sp³-hybridized carbons (Fsp3) is 0.208. The molecule has 0 aliphatic carbocycles. The van der Waals surface area contributed by atoms with Crippen LogP contribution in [0.4, 0.5) is 11.4 Å². The summed E-state index contributed by atoms with van der Waals surface area (Å²) in [7, 11) is 0. The van der Waals surface area contributed by atoms with Crippen molar-refractivity contribution < 1.29 is 0 Å². The number of hydrazone groups is 1. The highest BCUT2D eigenvalue weighted by molar-refractivity contribution is 6.13. The molecule has 0 bridgehead atoms. The third-order valence-corrected chi connectivity index (χ3v) is 4.89. The lowest BCUT2D eigenvalue weighted by atomic mass is 10.0. The summed E-state index contributed by atoms with van der Waals surface area (Å²) in [5, 5.41) is 10.6. The summed E-state index contributed by atoms with van der Waals surface area (Å²) in [6.07, 6.45) is 2.25. The zero-order valence-electron chi connectivity index (χ0n) is 15.7. The average Bonchev–Trinajstić information content (AvgIpc) is 2.74. The Hall–Kier alpha value is -3.07. The molecular weight excluding hydrogens is 330 g/mol. The van der Waals surface area contributed by atoms with Gasteiger partial charge >= 0.3 is 0 Å². The molecule has 0 saturated heterocycles. The molecule has 1 heterocycles. The summed E-state index contributed by atoms with van der Waals surface area (Å²) in [6.45, 7) is 3.98. The average molecular weight is 355 g/mol. The fourth-order valence-electron chi connectivity index (χ4n) is 3.57. The van der Waals surface area contributed by atoms with E-state index in [1.807, 2.05) is 6.07 Å². The van der Waals surface area contributed by atoms with Crippen LogP contribution in [-0.2, 0) is 6.42 Å². The second-order valence-electron chi connectivity index (χ2n) is 6.78. The number of anilines is 2. The van der Waals surface area contributed by atoms with Gasteiger partial charge in [-0.2, -0.15) is 5.10 Å². The van der Waals surface area contributed by atoms with Gasteiger partial charge in [-0.3, -0.25) is 5.01 Å². The molecule has 136 valence electrons. The molecule has 3 aromatic carbocycles. The van der Waals surface area contributed by atoms with Crippen molar-refractivity contribution in [1.82, 2.24) is 0 Å². The Morgan fingerprint density at radius 3 is 2.37 bits per heavy atom. The van der Waals surface area contributed by atoms with Crippen LogP contribution in [0.2, 0.25) is 0 Å². The first-order valence-corrected chi connectivity index (χ1v) is 9.69. The second kappa shape index (κ2) is 8.09. The number of benzene rings is 3. The van der Waals surface area contributed by atoms with Gasteiger partial charge in [0.2, 0.25) is 0 Å². The van der Waals surface area contributed by atoms with Gasteiger partial charge in [0.1, 0.15) is 0 Å². The number of aryl methyl sites for hydroxylation is 1. The van der Waals surface area contributed by atoms with Crippen LogP contribution in [0.15, 0.2) is 84.0 Å². The number of hydrogen-bond acceptors (Lipinski definition) is 3. The first-order chi connectivity index (χ1) is 13.3. The molecule has 3 heteroatoms. The van der Waals surface area contributed by atoms with Crippen molar-refractivity contribution >= 4 is 17.1 Å². The van der Waals surface area contributed by atoms with Crippen LogP contribution in [0, 0.1) is 0 Å². The van der Waals surface area contributed by atoms with Crippen molar-refractivity contribution in [2.45, 2.75) is 19.8 Å². The highest BCUT2D eigenvalue weighted by Gasteiger charge is 2.17. The molecule has 3 nitrogen and oxygen atoms in total. The Bertz CT molecular complexity index is 914. The van der Waals surface area contributed by atoms with Crippen molar-refractivity contribution in [2.75, 3.05) is 23.4 Å². The van der Waals surface area contributed by atoms with Crippen LogP contribution < -0.4 is 10.3 Å². The SMILES string of the molecule is CCNc1ccc(/C(=N\N2CCCc3ccccc32)c2ccccc2)cc1. The summed E-state index contributed by atoms with van der Waals surface area (Å²) in [4.78, 5) is 0. The van der Waals surface area contributed by atoms with Gasteiger partial charge in [0.05, 0.1) is 11.4 Å². The summed E-state index contributed by atoms with van der Waals surface area (Å²) in [6, 6.07) is 27.6. The van der Waals surface area contributed by atoms with Gasteiger partial charge in [-0.15, -0.1) is 0 Å². The monoisotopic (exact) mass is 355 g/mol. The van der Waals surface area contributed by atoms with Gasteiger partial charge in [-0.05, 0) is 43.5 Å². The van der Waals surface area contributed by atoms with E-state index in [9.17, 15) is 0 Å². The Kier molecular flexibility index (Phi) is 5.20. The largest absolute Gasteiger partial charge is 0.385 e. The van der Waals surface area contributed by atoms with Crippen molar-refractivity contribution in [3.8, 4) is 0 Å². The van der Waals surface area contributed by atoms with E-state index >= 15 is 0 Å². The van der Waals surface area contributed by atoms with Crippen LogP contribution in [0.5, 0.6) is 0 Å². The number of hydrogen-bond donors (Lipinski definition) is 1. The lowest BCUT2D eigenvalue weighted by molar-refractivity contribution is 0.715. The first kappa shape index (κ1) is 17.3. The van der Waals surface area contributed by atoms with E-state index in [1.165, 1.54) is 11.3 Å². The van der Waals surface area contributed by atoms with Gasteiger partial charge in [-0.25, -0.2) is 0 Å². The smallest absolute Gasteiger partial charge is 0.0980 e. The molecule has 1 aliphatic rings. The zero-order valence-corrected chi connectivity index (χ0v) is 15.7. The molecule has 0 saturated carbocycles. The molecule has 0 aromatic heterocycles. The standard InChI is InChI=1S/C24H25N3/c1-2-25-22-16-14-21(15-17-22)24(20-10-4-3-5-11-20)26-27-18-8-12-19-9-6-7-13-23(19)27/h3-7,9-11,13-17,25H,2,8,12,18H2,1H3/b26-24-. The van der Waals surface area contributed by atoms with Crippen molar-refractivity contribution in [1.29, 1.82) is 0 Å². The summed E-state index contributed by atoms with van der Waals surface area (Å²) >= 11 is 0. The lowest BCUT2D eigenvalue weighted by Gasteiger charge is -2.28. The minimum absolute atomic E-state index is 0.920. The molecule has 1 N–H and O–H groups in total. The normalized spacial score (nSPS) is 14.0. The quantitative estimate of drug-likeness (QED) is 0.627. The van der Waals surface area contributed by atoms with E-state index in [-0.39, 0.29) is 0 Å². The zero-order chi connectivity index (χ0) is 18.5. The van der Waals surface area contributed by atoms with Gasteiger partial charge in [0.15, 0.2) is 0 Å². The second-order valence-corrected chi connectivity index (χ2v) is 6.78. The fourth-order valence-corrected chi connectivity index (χ4v) is 3.57. The number of rotatable bonds is 5. The number of nitrogens with one attached hydrogen (secondary N) is 1. The van der Waals surface area contributed by atoms with Gasteiger partial charge in [-0.1, -0.05) is 60.7 Å². The van der Waals surface area contributed by atoms with E-state index in [1.54, 1.807) is 0 Å². The van der Waals surface area contributed by atoms with Crippen LogP contribution in [0.1, 0.15) is 30.0 Å². The molecule has 0 atom stereocenters. The summed E-state index contributed by atoms with van der Waals surface area (Å²) in [5.74, 6) is 0. The maximum atomic E-state index is 5.12. The summed E-state index contributed by atoms with van der Waals surface area (Å²) < 4.78 is 0. The highest BCUT2D eigenvalue weighted by Crippen LogP contribution is 2.28. The van der Waals surface area contributed by atoms with Crippen LogP contribution in [0.25, 0.3) is 0 Å². The Morgan fingerprint density at radius 1 is 0.889 bits per heavy atom. The Morgan fingerprint density at radius 2 is 1.59 bits per heavy atom. The number of fused-ring (bicyclic) bond motifs is 1. The predicted molar refractivity (Wildman–Crippen MR) is 115 cm³/mol. The van der Waals surface area contributed by atoms with Crippen molar-refractivity contribution in [3.05, 3.63) is 95.6 Å². The van der Waals surface area contributed by atoms with Crippen LogP contribution in [0.3, 0.4) is 0 Å². The van der Waals surface area contributed by atoms with E-state index in [0.717, 1.165) is 48.5 Å². The maximum Gasteiger partial charge on any atom is 0.0980 e. The van der Waals surface area contributed by atoms with Gasteiger partial charge in [0, 0.05) is 29.9 Å². The molecule has 27 heavy (non-hydrogen) atoms. The third-order valence-electron chi connectivity index (χ3n) is 4.89. The summed E-state index contributed by atoms with van der Waals surface area (Å²) in [5.41, 5.74) is 7.01. The molecule has 0 radical (unpaired) electrons. The lowest BCUT2D eigenvalue weighted by Crippen LogP contribution is -2.26. The Labute approximate surface area is 161 Å². The topological polar surface area (TPSA) is 27.6 Å². The van der Waals surface area contributed by atoms with Gasteiger partial charge in [0.25, 0.3) is 0 Å².